The summed E-state index contributed by atoms with van der Waals surface area (Å²) in [4.78, 5) is 18.8. The topological polar surface area (TPSA) is 57.2 Å². The number of nitrogens with one attached hydrogen (secondary N) is 1. The molecule has 1 aliphatic rings. The highest BCUT2D eigenvalue weighted by Crippen LogP contribution is 2.20. The Morgan fingerprint density at radius 3 is 2.33 bits per heavy atom. The van der Waals surface area contributed by atoms with Gasteiger partial charge in [0.25, 0.3) is 0 Å². The zero-order valence-corrected chi connectivity index (χ0v) is 17.9. The highest BCUT2D eigenvalue weighted by Gasteiger charge is 2.17. The molecule has 1 N–H and O–H groups in total. The quantitative estimate of drug-likeness (QED) is 0.654. The molecule has 1 aromatic carbocycles. The van der Waals surface area contributed by atoms with Crippen LogP contribution in [0.4, 0.5) is 5.82 Å². The van der Waals surface area contributed by atoms with E-state index < -0.39 is 0 Å². The van der Waals surface area contributed by atoms with Gasteiger partial charge in [0.15, 0.2) is 5.82 Å². The van der Waals surface area contributed by atoms with Crippen molar-refractivity contribution in [2.75, 3.05) is 44.6 Å². The van der Waals surface area contributed by atoms with Gasteiger partial charge in [0.2, 0.25) is 0 Å². The van der Waals surface area contributed by atoms with E-state index in [4.69, 9.17) is 4.98 Å². The van der Waals surface area contributed by atoms with Crippen molar-refractivity contribution in [3.05, 3.63) is 71.5 Å². The number of rotatable bonds is 7. The molecule has 3 heterocycles. The van der Waals surface area contributed by atoms with E-state index in [2.05, 4.69) is 62.3 Å². The number of piperazine rings is 1. The minimum Gasteiger partial charge on any atom is -0.368 e. The van der Waals surface area contributed by atoms with Gasteiger partial charge in [-0.3, -0.25) is 14.8 Å². The Hall–Kier alpha value is -2.83. The summed E-state index contributed by atoms with van der Waals surface area (Å²) in [6.07, 6.45) is 1.78. The van der Waals surface area contributed by atoms with Crippen LogP contribution in [0.25, 0.3) is 11.5 Å². The largest absolute Gasteiger partial charge is 0.368 e. The van der Waals surface area contributed by atoms with E-state index in [9.17, 15) is 0 Å². The van der Waals surface area contributed by atoms with Crippen molar-refractivity contribution in [2.45, 2.75) is 20.4 Å². The molecule has 3 aromatic rings. The minimum absolute atomic E-state index is 0.677. The van der Waals surface area contributed by atoms with Crippen LogP contribution in [0, 0.1) is 13.8 Å². The van der Waals surface area contributed by atoms with Crippen LogP contribution in [0.3, 0.4) is 0 Å². The molecule has 1 saturated heterocycles. The third-order valence-corrected chi connectivity index (χ3v) is 5.72. The first-order chi connectivity index (χ1) is 14.7. The van der Waals surface area contributed by atoms with Gasteiger partial charge in [0, 0.05) is 63.3 Å². The molecule has 0 unspecified atom stereocenters. The zero-order valence-electron chi connectivity index (χ0n) is 17.9. The number of hydrogen-bond acceptors (Lipinski definition) is 6. The van der Waals surface area contributed by atoms with Gasteiger partial charge in [-0.25, -0.2) is 9.97 Å². The number of hydrogen-bond donors (Lipinski definition) is 1. The van der Waals surface area contributed by atoms with E-state index in [0.29, 0.717) is 5.82 Å². The van der Waals surface area contributed by atoms with E-state index in [1.54, 1.807) is 6.20 Å². The summed E-state index contributed by atoms with van der Waals surface area (Å²) in [6.45, 7) is 11.5. The van der Waals surface area contributed by atoms with E-state index in [-0.39, 0.29) is 0 Å². The lowest BCUT2D eigenvalue weighted by atomic mass is 10.2. The monoisotopic (exact) mass is 402 g/mol. The first-order valence-electron chi connectivity index (χ1n) is 10.7. The van der Waals surface area contributed by atoms with Crippen molar-refractivity contribution in [3.8, 4) is 11.5 Å². The molecule has 2 aromatic heterocycles. The van der Waals surface area contributed by atoms with E-state index in [1.807, 2.05) is 25.1 Å². The average molecular weight is 403 g/mol. The zero-order chi connectivity index (χ0) is 20.8. The fraction of sp³-hybridized carbons (Fsp3) is 0.375. The van der Waals surface area contributed by atoms with Crippen molar-refractivity contribution in [1.29, 1.82) is 0 Å². The van der Waals surface area contributed by atoms with Crippen molar-refractivity contribution in [2.24, 2.45) is 0 Å². The maximum Gasteiger partial charge on any atom is 0.180 e. The molecule has 0 saturated carbocycles. The molecule has 0 bridgehead atoms. The first kappa shape index (κ1) is 20.4. The van der Waals surface area contributed by atoms with Crippen LogP contribution in [0.15, 0.2) is 54.7 Å². The number of benzene rings is 1. The first-order valence-corrected chi connectivity index (χ1v) is 10.7. The van der Waals surface area contributed by atoms with Crippen molar-refractivity contribution in [1.82, 2.24) is 24.8 Å². The lowest BCUT2D eigenvalue weighted by molar-refractivity contribution is 0.130. The number of aryl methyl sites for hydroxylation is 1. The second-order valence-electron chi connectivity index (χ2n) is 7.85. The van der Waals surface area contributed by atoms with Gasteiger partial charge in [-0.2, -0.15) is 0 Å². The fourth-order valence-electron chi connectivity index (χ4n) is 3.76. The third-order valence-electron chi connectivity index (χ3n) is 5.72. The second-order valence-corrected chi connectivity index (χ2v) is 7.85. The highest BCUT2D eigenvalue weighted by atomic mass is 15.3. The van der Waals surface area contributed by atoms with Crippen LogP contribution in [0.1, 0.15) is 16.8 Å². The normalized spacial score (nSPS) is 15.3. The summed E-state index contributed by atoms with van der Waals surface area (Å²) in [6, 6.07) is 16.6. The van der Waals surface area contributed by atoms with Crippen molar-refractivity contribution >= 4 is 5.82 Å². The number of aromatic nitrogens is 3. The Balaban J connectivity index is 1.28. The molecular weight excluding hydrogens is 372 g/mol. The molecule has 1 fully saturated rings. The van der Waals surface area contributed by atoms with Crippen LogP contribution in [0.5, 0.6) is 0 Å². The van der Waals surface area contributed by atoms with Crippen LogP contribution in [-0.2, 0) is 6.54 Å². The summed E-state index contributed by atoms with van der Waals surface area (Å²) in [5.41, 5.74) is 4.29. The van der Waals surface area contributed by atoms with Crippen LogP contribution in [-0.4, -0.2) is 64.0 Å². The summed E-state index contributed by atoms with van der Waals surface area (Å²) < 4.78 is 0. The maximum atomic E-state index is 4.73. The van der Waals surface area contributed by atoms with Gasteiger partial charge in [-0.1, -0.05) is 36.4 Å². The molecule has 0 aliphatic carbocycles. The number of nitrogens with zero attached hydrogens (tertiary/aromatic N) is 5. The predicted molar refractivity (Wildman–Crippen MR) is 121 cm³/mol. The summed E-state index contributed by atoms with van der Waals surface area (Å²) >= 11 is 0. The average Bonchev–Trinajstić information content (AvgIpc) is 2.79. The molecule has 30 heavy (non-hydrogen) atoms. The van der Waals surface area contributed by atoms with Gasteiger partial charge in [-0.05, 0) is 31.5 Å². The molecule has 6 heteroatoms. The third kappa shape index (κ3) is 5.20. The Morgan fingerprint density at radius 2 is 1.60 bits per heavy atom. The standard InChI is InChI=1S/C24H30N6/c1-19-20(2)27-24(22-10-6-7-11-25-22)28-23(19)26-12-13-29-14-16-30(17-15-29)18-21-8-4-3-5-9-21/h3-11H,12-18H2,1-2H3,(H,26,27,28). The smallest absolute Gasteiger partial charge is 0.180 e. The molecule has 1 aliphatic heterocycles. The van der Waals surface area contributed by atoms with Crippen LogP contribution in [0.2, 0.25) is 0 Å². The van der Waals surface area contributed by atoms with Gasteiger partial charge < -0.3 is 5.32 Å². The lowest BCUT2D eigenvalue weighted by Crippen LogP contribution is -2.47. The Bertz CT molecular complexity index is 937. The Morgan fingerprint density at radius 1 is 0.867 bits per heavy atom. The van der Waals surface area contributed by atoms with E-state index >= 15 is 0 Å². The van der Waals surface area contributed by atoms with Gasteiger partial charge >= 0.3 is 0 Å². The molecule has 0 spiro atoms. The van der Waals surface area contributed by atoms with Crippen molar-refractivity contribution in [3.63, 3.8) is 0 Å². The minimum atomic E-state index is 0.677. The molecule has 0 amide bonds. The predicted octanol–water partition coefficient (Wildman–Crippen LogP) is 3.39. The molecule has 4 rings (SSSR count). The van der Waals surface area contributed by atoms with Crippen LogP contribution < -0.4 is 5.32 Å². The number of anilines is 1. The van der Waals surface area contributed by atoms with Gasteiger partial charge in [0.05, 0.1) is 0 Å². The van der Waals surface area contributed by atoms with E-state index in [0.717, 1.165) is 68.6 Å². The molecule has 156 valence electrons. The van der Waals surface area contributed by atoms with E-state index in [1.165, 1.54) is 5.56 Å². The summed E-state index contributed by atoms with van der Waals surface area (Å²) in [5.74, 6) is 1.58. The van der Waals surface area contributed by atoms with Crippen molar-refractivity contribution < 1.29 is 0 Å². The van der Waals surface area contributed by atoms with Gasteiger partial charge in [0.1, 0.15) is 11.5 Å². The highest BCUT2D eigenvalue weighted by molar-refractivity contribution is 5.56. The maximum absolute atomic E-state index is 4.73. The number of pyridine rings is 1. The second kappa shape index (κ2) is 9.78. The Kier molecular flexibility index (Phi) is 6.67. The lowest BCUT2D eigenvalue weighted by Gasteiger charge is -2.34. The van der Waals surface area contributed by atoms with Crippen LogP contribution >= 0.6 is 0 Å². The molecular formula is C24H30N6. The summed E-state index contributed by atoms with van der Waals surface area (Å²) in [5, 5.41) is 3.53. The molecule has 0 radical (unpaired) electrons. The summed E-state index contributed by atoms with van der Waals surface area (Å²) in [7, 11) is 0. The molecule has 6 nitrogen and oxygen atoms in total. The fourth-order valence-corrected chi connectivity index (χ4v) is 3.76. The molecule has 0 atom stereocenters. The van der Waals surface area contributed by atoms with Gasteiger partial charge in [-0.15, -0.1) is 0 Å². The SMILES string of the molecule is Cc1nc(-c2ccccn2)nc(NCCN2CCN(Cc3ccccc3)CC2)c1C. The Labute approximate surface area is 179 Å².